The Labute approximate surface area is 297 Å². The number of hydrogen-bond donors (Lipinski definition) is 0. The third-order valence-corrected chi connectivity index (χ3v) is 11.7. The molecule has 4 aliphatic carbocycles. The lowest BCUT2D eigenvalue weighted by Crippen LogP contribution is -2.03. The zero-order valence-electron chi connectivity index (χ0n) is 28.7. The number of aryl methyl sites for hydroxylation is 2. The molecule has 0 bridgehead atoms. The van der Waals surface area contributed by atoms with Gasteiger partial charge in [-0.3, -0.25) is 0 Å². The summed E-state index contributed by atoms with van der Waals surface area (Å²) in [6.07, 6.45) is 29.0. The summed E-state index contributed by atoms with van der Waals surface area (Å²) in [6, 6.07) is 29.8. The maximum absolute atomic E-state index is 6.45. The van der Waals surface area contributed by atoms with Crippen molar-refractivity contribution in [3.8, 4) is 11.1 Å². The minimum Gasteiger partial charge on any atom is -0.456 e. The molecule has 11 rings (SSSR count). The number of furan rings is 1. The van der Waals surface area contributed by atoms with Crippen LogP contribution in [0.3, 0.4) is 0 Å². The second-order valence-corrected chi connectivity index (χ2v) is 14.5. The van der Waals surface area contributed by atoms with Crippen molar-refractivity contribution in [1.29, 1.82) is 0 Å². The van der Waals surface area contributed by atoms with Crippen molar-refractivity contribution in [2.75, 3.05) is 0 Å². The normalized spacial score (nSPS) is 16.9. The predicted octanol–water partition coefficient (Wildman–Crippen LogP) is 13.0. The van der Waals surface area contributed by atoms with Gasteiger partial charge in [0.05, 0.1) is 16.6 Å². The van der Waals surface area contributed by atoms with Gasteiger partial charge in [0.1, 0.15) is 11.3 Å². The summed E-state index contributed by atoms with van der Waals surface area (Å²) in [6.45, 7) is 0. The first-order valence-corrected chi connectivity index (χ1v) is 18.6. The molecule has 4 aliphatic rings. The number of aromatic nitrogens is 2. The van der Waals surface area contributed by atoms with Crippen molar-refractivity contribution < 1.29 is 4.42 Å². The molecule has 0 saturated heterocycles. The molecule has 0 amide bonds. The highest BCUT2D eigenvalue weighted by Crippen LogP contribution is 2.42. The molecule has 0 aliphatic heterocycles. The summed E-state index contributed by atoms with van der Waals surface area (Å²) in [5, 5.41) is 5.27. The highest BCUT2D eigenvalue weighted by Gasteiger charge is 2.23. The topological polar surface area (TPSA) is 23.0 Å². The Morgan fingerprint density at radius 1 is 0.510 bits per heavy atom. The van der Waals surface area contributed by atoms with Crippen LogP contribution in [0.5, 0.6) is 0 Å². The second-order valence-electron chi connectivity index (χ2n) is 14.5. The molecule has 3 heteroatoms. The molecule has 246 valence electrons. The molecule has 0 fully saturated rings. The fourth-order valence-electron chi connectivity index (χ4n) is 9.25. The van der Waals surface area contributed by atoms with Crippen LogP contribution in [0.25, 0.3) is 83.9 Å². The van der Waals surface area contributed by atoms with Crippen molar-refractivity contribution in [3.05, 3.63) is 150 Å². The highest BCUT2D eigenvalue weighted by atomic mass is 16.3. The fourth-order valence-corrected chi connectivity index (χ4v) is 9.25. The van der Waals surface area contributed by atoms with Crippen LogP contribution in [-0.4, -0.2) is 9.13 Å². The monoisotopic (exact) mass is 658 g/mol. The Hall–Kier alpha value is -5.80. The second kappa shape index (κ2) is 11.4. The fraction of sp³-hybridized carbons (Fsp3) is 0.167. The Morgan fingerprint density at radius 3 is 2.10 bits per heavy atom. The van der Waals surface area contributed by atoms with Crippen molar-refractivity contribution in [3.63, 3.8) is 0 Å². The molecular weight excluding hydrogens is 621 g/mol. The molecule has 0 saturated carbocycles. The van der Waals surface area contributed by atoms with E-state index < -0.39 is 0 Å². The molecule has 0 N–H and O–H groups in total. The average Bonchev–Trinajstić information content (AvgIpc) is 3.86. The van der Waals surface area contributed by atoms with E-state index in [0.29, 0.717) is 0 Å². The standard InChI is InChI=1S/C48H38N2O/c1-2-11-34(12-3-1)49-43-18-7-4-13-37(43)41-29-32(23-27-45(41)49)33-24-28-46-42(30-33)38-14-5-8-19-44(38)50(46)35-25-21-31(22-26-35)36-16-10-17-40-39-15-6-9-20-47(39)51-48(36)40/h1-2,5,7-11,14,16-21,23-25,27-30H,3-4,6,12-13,15,22,26H2. The molecule has 0 spiro atoms. The van der Waals surface area contributed by atoms with Gasteiger partial charge in [0.15, 0.2) is 0 Å². The Bertz CT molecular complexity index is 2800. The van der Waals surface area contributed by atoms with Gasteiger partial charge in [0.25, 0.3) is 0 Å². The molecule has 3 aromatic heterocycles. The van der Waals surface area contributed by atoms with E-state index in [0.717, 1.165) is 62.7 Å². The average molecular weight is 659 g/mol. The summed E-state index contributed by atoms with van der Waals surface area (Å²) in [7, 11) is 0. The summed E-state index contributed by atoms with van der Waals surface area (Å²) in [4.78, 5) is 0. The summed E-state index contributed by atoms with van der Waals surface area (Å²) in [5.41, 5.74) is 17.0. The largest absolute Gasteiger partial charge is 0.456 e. The van der Waals surface area contributed by atoms with Crippen molar-refractivity contribution in [1.82, 2.24) is 9.13 Å². The van der Waals surface area contributed by atoms with Crippen molar-refractivity contribution >= 4 is 72.8 Å². The van der Waals surface area contributed by atoms with Crippen LogP contribution in [-0.2, 0) is 12.8 Å². The van der Waals surface area contributed by atoms with Gasteiger partial charge in [-0.25, -0.2) is 0 Å². The molecule has 0 atom stereocenters. The van der Waals surface area contributed by atoms with Crippen molar-refractivity contribution in [2.45, 2.75) is 51.4 Å². The van der Waals surface area contributed by atoms with Gasteiger partial charge < -0.3 is 13.6 Å². The third-order valence-electron chi connectivity index (χ3n) is 11.7. The zero-order chi connectivity index (χ0) is 33.5. The van der Waals surface area contributed by atoms with E-state index >= 15 is 0 Å². The summed E-state index contributed by atoms with van der Waals surface area (Å²) >= 11 is 0. The lowest BCUT2D eigenvalue weighted by atomic mass is 9.93. The molecular formula is C48H38N2O. The van der Waals surface area contributed by atoms with Crippen LogP contribution in [0.1, 0.15) is 66.7 Å². The van der Waals surface area contributed by atoms with Gasteiger partial charge in [-0.2, -0.15) is 0 Å². The van der Waals surface area contributed by atoms with E-state index in [1.54, 1.807) is 0 Å². The minimum absolute atomic E-state index is 0.970. The first kappa shape index (κ1) is 29.0. The summed E-state index contributed by atoms with van der Waals surface area (Å²) in [5.74, 6) is 1.03. The van der Waals surface area contributed by atoms with E-state index in [9.17, 15) is 0 Å². The van der Waals surface area contributed by atoms with Crippen LogP contribution in [0.2, 0.25) is 0 Å². The zero-order valence-corrected chi connectivity index (χ0v) is 28.7. The maximum atomic E-state index is 6.45. The highest BCUT2D eigenvalue weighted by molar-refractivity contribution is 6.11. The van der Waals surface area contributed by atoms with Crippen LogP contribution in [0, 0.1) is 0 Å². The maximum Gasteiger partial charge on any atom is 0.142 e. The molecule has 51 heavy (non-hydrogen) atoms. The van der Waals surface area contributed by atoms with E-state index in [1.807, 2.05) is 0 Å². The van der Waals surface area contributed by atoms with Gasteiger partial charge in [-0.05, 0) is 128 Å². The Balaban J connectivity index is 1.01. The van der Waals surface area contributed by atoms with E-state index in [1.165, 1.54) is 88.6 Å². The first-order valence-electron chi connectivity index (χ1n) is 18.6. The number of hydrogen-bond acceptors (Lipinski definition) is 1. The third kappa shape index (κ3) is 4.44. The number of benzene rings is 4. The predicted molar refractivity (Wildman–Crippen MR) is 215 cm³/mol. The SMILES string of the molecule is C1=CCCC(n2c3c(c4cc(-c5ccc6c(c5)c5ccccc5n6C5=CC=C(c6cccc7c8c(oc67)C=CCC8)CC5)ccc42)CCC=C3)=C1. The molecule has 3 nitrogen and oxygen atoms in total. The molecule has 3 heterocycles. The quantitative estimate of drug-likeness (QED) is 0.185. The van der Waals surface area contributed by atoms with E-state index in [-0.39, 0.29) is 0 Å². The number of nitrogens with zero attached hydrogens (tertiary/aromatic N) is 2. The summed E-state index contributed by atoms with van der Waals surface area (Å²) < 4.78 is 11.5. The van der Waals surface area contributed by atoms with Gasteiger partial charge in [-0.15, -0.1) is 0 Å². The van der Waals surface area contributed by atoms with Gasteiger partial charge in [0, 0.05) is 49.8 Å². The number of fused-ring (bicyclic) bond motifs is 9. The van der Waals surface area contributed by atoms with Crippen LogP contribution in [0.4, 0.5) is 0 Å². The van der Waals surface area contributed by atoms with E-state index in [2.05, 4.69) is 143 Å². The van der Waals surface area contributed by atoms with Crippen LogP contribution >= 0.6 is 0 Å². The number of allylic oxidation sites excluding steroid dienone is 10. The smallest absolute Gasteiger partial charge is 0.142 e. The Morgan fingerprint density at radius 2 is 1.25 bits per heavy atom. The van der Waals surface area contributed by atoms with Crippen LogP contribution < -0.4 is 0 Å². The lowest BCUT2D eigenvalue weighted by molar-refractivity contribution is 0.594. The lowest BCUT2D eigenvalue weighted by Gasteiger charge is -2.18. The number of para-hydroxylation sites is 2. The molecule has 0 unspecified atom stereocenters. The van der Waals surface area contributed by atoms with Crippen molar-refractivity contribution in [2.24, 2.45) is 0 Å². The van der Waals surface area contributed by atoms with E-state index in [4.69, 9.17) is 4.42 Å². The van der Waals surface area contributed by atoms with Gasteiger partial charge >= 0.3 is 0 Å². The number of rotatable bonds is 4. The minimum atomic E-state index is 0.970. The van der Waals surface area contributed by atoms with Gasteiger partial charge in [0.2, 0.25) is 0 Å². The molecule has 4 aromatic carbocycles. The van der Waals surface area contributed by atoms with Gasteiger partial charge in [-0.1, -0.05) is 78.9 Å². The first-order chi connectivity index (χ1) is 25.3. The molecule has 7 aromatic rings. The van der Waals surface area contributed by atoms with Crippen LogP contribution in [0.15, 0.2) is 126 Å². The molecule has 0 radical (unpaired) electrons. The Kier molecular flexibility index (Phi) is 6.46.